The molecule has 0 spiro atoms. The molecule has 0 saturated carbocycles. The van der Waals surface area contributed by atoms with Crippen LogP contribution in [0.25, 0.3) is 6.08 Å². The molecule has 122 valence electrons. The van der Waals surface area contributed by atoms with Gasteiger partial charge < -0.3 is 14.5 Å². The molecular weight excluding hydrogens is 310 g/mol. The Hall–Kier alpha value is -1.79. The second-order valence-electron chi connectivity index (χ2n) is 5.60. The lowest BCUT2D eigenvalue weighted by atomic mass is 10.2. The zero-order valence-corrected chi connectivity index (χ0v) is 14.3. The Labute approximate surface area is 141 Å². The standard InChI is InChI=1S/C17H21N3O2S/c1-3-22-14-6-4-13(5-7-14)12-15-16(21)18-17(23-15)20-10-8-19(2)9-11-20/h4-7,12H,3,8-11H2,1-2H3/b15-12-. The normalized spacial score (nSPS) is 21.0. The number of amides is 1. The van der Waals surface area contributed by atoms with Crippen LogP contribution in [0.1, 0.15) is 12.5 Å². The third-order valence-corrected chi connectivity index (χ3v) is 4.92. The summed E-state index contributed by atoms with van der Waals surface area (Å²) in [5, 5.41) is 0.834. The van der Waals surface area contributed by atoms with Crippen LogP contribution in [0.2, 0.25) is 0 Å². The van der Waals surface area contributed by atoms with Gasteiger partial charge in [-0.3, -0.25) is 4.79 Å². The molecule has 0 N–H and O–H groups in total. The summed E-state index contributed by atoms with van der Waals surface area (Å²) in [6.07, 6.45) is 1.90. The van der Waals surface area contributed by atoms with Gasteiger partial charge in [-0.2, -0.15) is 4.99 Å². The number of hydrogen-bond acceptors (Lipinski definition) is 5. The molecule has 3 rings (SSSR count). The zero-order valence-electron chi connectivity index (χ0n) is 13.5. The van der Waals surface area contributed by atoms with E-state index < -0.39 is 0 Å². The Kier molecular flexibility index (Phi) is 5.03. The van der Waals surface area contributed by atoms with Crippen molar-refractivity contribution in [3.8, 4) is 5.75 Å². The summed E-state index contributed by atoms with van der Waals surface area (Å²) in [6, 6.07) is 7.75. The number of nitrogens with zero attached hydrogens (tertiary/aromatic N) is 3. The molecule has 6 heteroatoms. The summed E-state index contributed by atoms with van der Waals surface area (Å²) in [5.74, 6) is 0.701. The number of piperazine rings is 1. The first-order valence-electron chi connectivity index (χ1n) is 7.84. The van der Waals surface area contributed by atoms with E-state index in [1.165, 1.54) is 11.8 Å². The lowest BCUT2D eigenvalue weighted by Crippen LogP contribution is -2.46. The number of hydrogen-bond donors (Lipinski definition) is 0. The predicted octanol–water partition coefficient (Wildman–Crippen LogP) is 2.30. The quantitative estimate of drug-likeness (QED) is 0.795. The lowest BCUT2D eigenvalue weighted by Gasteiger charge is -2.32. The van der Waals surface area contributed by atoms with Gasteiger partial charge in [0.2, 0.25) is 0 Å². The fourth-order valence-corrected chi connectivity index (χ4v) is 3.47. The number of aliphatic imine (C=N–C) groups is 1. The van der Waals surface area contributed by atoms with E-state index in [4.69, 9.17) is 4.74 Å². The molecule has 0 aliphatic carbocycles. The van der Waals surface area contributed by atoms with Crippen molar-refractivity contribution in [3.05, 3.63) is 34.7 Å². The molecule has 0 atom stereocenters. The molecule has 2 aliphatic heterocycles. The Balaban J connectivity index is 1.67. The monoisotopic (exact) mass is 331 g/mol. The summed E-state index contributed by atoms with van der Waals surface area (Å²) in [5.41, 5.74) is 0.985. The average molecular weight is 331 g/mol. The highest BCUT2D eigenvalue weighted by Crippen LogP contribution is 2.30. The van der Waals surface area contributed by atoms with E-state index >= 15 is 0 Å². The fraction of sp³-hybridized carbons (Fsp3) is 0.412. The molecule has 1 amide bonds. The molecule has 1 aromatic rings. The molecular formula is C17H21N3O2S. The van der Waals surface area contributed by atoms with E-state index in [0.717, 1.165) is 42.7 Å². The number of likely N-dealkylation sites (N-methyl/N-ethyl adjacent to an activating group) is 1. The van der Waals surface area contributed by atoms with Crippen molar-refractivity contribution >= 4 is 28.9 Å². The van der Waals surface area contributed by atoms with Crippen molar-refractivity contribution in [2.24, 2.45) is 4.99 Å². The van der Waals surface area contributed by atoms with E-state index in [1.54, 1.807) is 0 Å². The van der Waals surface area contributed by atoms with Gasteiger partial charge in [0, 0.05) is 26.2 Å². The van der Waals surface area contributed by atoms with Gasteiger partial charge in [-0.1, -0.05) is 12.1 Å². The maximum Gasteiger partial charge on any atom is 0.286 e. The summed E-state index contributed by atoms with van der Waals surface area (Å²) in [4.78, 5) is 21.5. The number of ether oxygens (including phenoxy) is 1. The molecule has 1 aromatic carbocycles. The summed E-state index contributed by atoms with van der Waals surface area (Å²) in [6.45, 7) is 6.47. The van der Waals surface area contributed by atoms with Crippen LogP contribution in [0.3, 0.4) is 0 Å². The van der Waals surface area contributed by atoms with Gasteiger partial charge >= 0.3 is 0 Å². The molecule has 0 unspecified atom stereocenters. The van der Waals surface area contributed by atoms with Gasteiger partial charge in [0.15, 0.2) is 5.17 Å². The van der Waals surface area contributed by atoms with Crippen molar-refractivity contribution in [2.75, 3.05) is 39.8 Å². The largest absolute Gasteiger partial charge is 0.494 e. The summed E-state index contributed by atoms with van der Waals surface area (Å²) < 4.78 is 5.43. The van der Waals surface area contributed by atoms with E-state index in [-0.39, 0.29) is 5.91 Å². The lowest BCUT2D eigenvalue weighted by molar-refractivity contribution is -0.113. The first-order valence-corrected chi connectivity index (χ1v) is 8.66. The number of carbonyl (C=O) groups excluding carboxylic acids is 1. The van der Waals surface area contributed by atoms with E-state index in [9.17, 15) is 4.79 Å². The first kappa shape index (κ1) is 16.1. The molecule has 0 radical (unpaired) electrons. The molecule has 2 heterocycles. The smallest absolute Gasteiger partial charge is 0.286 e. The Morgan fingerprint density at radius 2 is 1.91 bits per heavy atom. The van der Waals surface area contributed by atoms with Crippen LogP contribution in [0, 0.1) is 0 Å². The molecule has 2 aliphatic rings. The first-order chi connectivity index (χ1) is 11.2. The minimum atomic E-state index is -0.141. The van der Waals surface area contributed by atoms with Gasteiger partial charge in [0.1, 0.15) is 5.75 Å². The summed E-state index contributed by atoms with van der Waals surface area (Å²) >= 11 is 1.47. The maximum atomic E-state index is 12.1. The molecule has 5 nitrogen and oxygen atoms in total. The molecule has 1 saturated heterocycles. The highest BCUT2D eigenvalue weighted by atomic mass is 32.2. The summed E-state index contributed by atoms with van der Waals surface area (Å²) in [7, 11) is 2.11. The second kappa shape index (κ2) is 7.19. The van der Waals surface area contributed by atoms with Crippen LogP contribution in [0.15, 0.2) is 34.2 Å². The highest BCUT2D eigenvalue weighted by molar-refractivity contribution is 8.18. The molecule has 1 fully saturated rings. The molecule has 23 heavy (non-hydrogen) atoms. The number of amidine groups is 1. The molecule has 0 bridgehead atoms. The van der Waals surface area contributed by atoms with Crippen molar-refractivity contribution in [2.45, 2.75) is 6.92 Å². The van der Waals surface area contributed by atoms with Crippen LogP contribution in [-0.4, -0.2) is 60.7 Å². The predicted molar refractivity (Wildman–Crippen MR) is 94.7 cm³/mol. The van der Waals surface area contributed by atoms with Gasteiger partial charge in [-0.25, -0.2) is 0 Å². The number of rotatable bonds is 3. The van der Waals surface area contributed by atoms with E-state index in [0.29, 0.717) is 11.5 Å². The third-order valence-electron chi connectivity index (χ3n) is 3.87. The van der Waals surface area contributed by atoms with Crippen LogP contribution in [0.4, 0.5) is 0 Å². The van der Waals surface area contributed by atoms with Crippen molar-refractivity contribution < 1.29 is 9.53 Å². The Morgan fingerprint density at radius 1 is 1.22 bits per heavy atom. The third kappa shape index (κ3) is 3.95. The van der Waals surface area contributed by atoms with Crippen molar-refractivity contribution in [3.63, 3.8) is 0 Å². The maximum absolute atomic E-state index is 12.1. The van der Waals surface area contributed by atoms with Crippen LogP contribution >= 0.6 is 11.8 Å². The fourth-order valence-electron chi connectivity index (χ4n) is 2.51. The van der Waals surface area contributed by atoms with E-state index in [1.807, 2.05) is 37.3 Å². The zero-order chi connectivity index (χ0) is 16.2. The van der Waals surface area contributed by atoms with Crippen LogP contribution in [0.5, 0.6) is 5.75 Å². The second-order valence-corrected chi connectivity index (χ2v) is 6.61. The topological polar surface area (TPSA) is 45.1 Å². The average Bonchev–Trinajstić information content (AvgIpc) is 2.91. The van der Waals surface area contributed by atoms with Crippen molar-refractivity contribution in [1.29, 1.82) is 0 Å². The van der Waals surface area contributed by atoms with Crippen LogP contribution in [-0.2, 0) is 4.79 Å². The number of carbonyl (C=O) groups is 1. The van der Waals surface area contributed by atoms with Crippen molar-refractivity contribution in [1.82, 2.24) is 9.80 Å². The minimum absolute atomic E-state index is 0.141. The highest BCUT2D eigenvalue weighted by Gasteiger charge is 2.27. The van der Waals surface area contributed by atoms with Gasteiger partial charge in [0.25, 0.3) is 5.91 Å². The van der Waals surface area contributed by atoms with Crippen LogP contribution < -0.4 is 4.74 Å². The number of thioether (sulfide) groups is 1. The SMILES string of the molecule is CCOc1ccc(/C=C2\SC(N3CCN(C)CC3)=NC2=O)cc1. The number of benzene rings is 1. The van der Waals surface area contributed by atoms with Gasteiger partial charge in [-0.15, -0.1) is 0 Å². The van der Waals surface area contributed by atoms with Gasteiger partial charge in [-0.05, 0) is 49.5 Å². The Bertz CT molecular complexity index is 632. The molecule has 0 aromatic heterocycles. The minimum Gasteiger partial charge on any atom is -0.494 e. The van der Waals surface area contributed by atoms with E-state index in [2.05, 4.69) is 21.8 Å². The van der Waals surface area contributed by atoms with Gasteiger partial charge in [0.05, 0.1) is 11.5 Å². The Morgan fingerprint density at radius 3 is 2.57 bits per heavy atom.